The van der Waals surface area contributed by atoms with E-state index in [4.69, 9.17) is 14.5 Å². The van der Waals surface area contributed by atoms with E-state index >= 15 is 0 Å². The minimum atomic E-state index is -0.558. The summed E-state index contributed by atoms with van der Waals surface area (Å²) in [4.78, 5) is 6.93. The van der Waals surface area contributed by atoms with Gasteiger partial charge in [-0.3, -0.25) is 4.99 Å². The lowest BCUT2D eigenvalue weighted by atomic mass is 10.0. The summed E-state index contributed by atoms with van der Waals surface area (Å²) in [5.74, 6) is -0.359. The van der Waals surface area contributed by atoms with Crippen LogP contribution < -0.4 is 5.32 Å². The van der Waals surface area contributed by atoms with Crippen molar-refractivity contribution in [1.29, 1.82) is 0 Å². The van der Waals surface area contributed by atoms with Crippen molar-refractivity contribution in [3.05, 3.63) is 35.4 Å². The summed E-state index contributed by atoms with van der Waals surface area (Å²) in [5, 5.41) is 3.32. The smallest absolute Gasteiger partial charge is 0.193 e. The number of methoxy groups -OCH3 is 1. The predicted octanol–water partition coefficient (Wildman–Crippen LogP) is 4.17. The van der Waals surface area contributed by atoms with Gasteiger partial charge in [-0.05, 0) is 37.8 Å². The molecule has 1 atom stereocenters. The Kier molecular flexibility index (Phi) is 12.6. The number of rotatable bonds is 9. The Labute approximate surface area is 190 Å². The molecule has 0 saturated carbocycles. The van der Waals surface area contributed by atoms with Gasteiger partial charge in [-0.2, -0.15) is 0 Å². The molecule has 1 heterocycles. The lowest BCUT2D eigenvalue weighted by Crippen LogP contribution is -2.47. The monoisotopic (exact) mass is 525 g/mol. The molecule has 0 aliphatic carbocycles. The standard InChI is InChI=1S/C21H33F2N3O2.HI/c1-4-24-21(25-15-16(2)19-7-6-17(22)14-20(19)23)26-10-8-18(9-11-26)28-13-5-12-27-3;/h6-7,14,16,18H,4-5,8-13,15H2,1-3H3,(H,24,25);1H. The van der Waals surface area contributed by atoms with Gasteiger partial charge < -0.3 is 19.7 Å². The highest BCUT2D eigenvalue weighted by Crippen LogP contribution is 2.21. The zero-order chi connectivity index (χ0) is 20.4. The SMILES string of the molecule is CCNC(=NCC(C)c1ccc(F)cc1F)N1CCC(OCCCOC)CC1.I. The number of guanidine groups is 1. The van der Waals surface area contributed by atoms with Crippen LogP contribution in [-0.2, 0) is 9.47 Å². The van der Waals surface area contributed by atoms with Gasteiger partial charge in [0.05, 0.1) is 6.10 Å². The van der Waals surface area contributed by atoms with Crippen molar-refractivity contribution in [3.63, 3.8) is 0 Å². The number of hydrogen-bond acceptors (Lipinski definition) is 3. The molecule has 1 fully saturated rings. The summed E-state index contributed by atoms with van der Waals surface area (Å²) in [7, 11) is 1.70. The maximum atomic E-state index is 14.0. The first kappa shape index (κ1) is 26.0. The van der Waals surface area contributed by atoms with Crippen LogP contribution >= 0.6 is 24.0 Å². The molecule has 1 N–H and O–H groups in total. The van der Waals surface area contributed by atoms with Crippen molar-refractivity contribution in [2.24, 2.45) is 4.99 Å². The fraction of sp³-hybridized carbons (Fsp3) is 0.667. The summed E-state index contributed by atoms with van der Waals surface area (Å²) >= 11 is 0. The molecule has 29 heavy (non-hydrogen) atoms. The van der Waals surface area contributed by atoms with E-state index in [9.17, 15) is 8.78 Å². The lowest BCUT2D eigenvalue weighted by molar-refractivity contribution is 0.00990. The molecule has 0 amide bonds. The highest BCUT2D eigenvalue weighted by molar-refractivity contribution is 14.0. The van der Waals surface area contributed by atoms with Crippen LogP contribution in [0, 0.1) is 11.6 Å². The normalized spacial score (nSPS) is 16.4. The minimum absolute atomic E-state index is 0. The van der Waals surface area contributed by atoms with Gasteiger partial charge in [0.2, 0.25) is 0 Å². The number of piperidine rings is 1. The Morgan fingerprint density at radius 1 is 1.28 bits per heavy atom. The van der Waals surface area contributed by atoms with Crippen LogP contribution in [0.15, 0.2) is 23.2 Å². The van der Waals surface area contributed by atoms with Crippen molar-refractivity contribution < 1.29 is 18.3 Å². The average molecular weight is 525 g/mol. The molecular formula is C21H34F2IN3O2. The number of halogens is 3. The molecule has 1 aliphatic rings. The molecule has 0 spiro atoms. The first-order valence-electron chi connectivity index (χ1n) is 10.1. The summed E-state index contributed by atoms with van der Waals surface area (Å²) in [6.07, 6.45) is 3.11. The zero-order valence-electron chi connectivity index (χ0n) is 17.6. The van der Waals surface area contributed by atoms with E-state index in [1.807, 2.05) is 13.8 Å². The molecule has 0 aromatic heterocycles. The Morgan fingerprint density at radius 2 is 2.00 bits per heavy atom. The fourth-order valence-corrected chi connectivity index (χ4v) is 3.34. The van der Waals surface area contributed by atoms with E-state index < -0.39 is 11.6 Å². The van der Waals surface area contributed by atoms with Crippen molar-refractivity contribution in [3.8, 4) is 0 Å². The second-order valence-corrected chi connectivity index (χ2v) is 7.17. The quantitative estimate of drug-likeness (QED) is 0.228. The second kappa shape index (κ2) is 14.1. The molecule has 166 valence electrons. The van der Waals surface area contributed by atoms with Crippen LogP contribution in [-0.4, -0.2) is 63.5 Å². The Balaban J connectivity index is 0.00000420. The first-order valence-corrected chi connectivity index (χ1v) is 10.1. The van der Waals surface area contributed by atoms with Crippen molar-refractivity contribution in [2.75, 3.05) is 46.5 Å². The number of nitrogens with zero attached hydrogens (tertiary/aromatic N) is 2. The predicted molar refractivity (Wildman–Crippen MR) is 123 cm³/mol. The van der Waals surface area contributed by atoms with E-state index in [2.05, 4.69) is 10.2 Å². The van der Waals surface area contributed by atoms with E-state index in [1.54, 1.807) is 7.11 Å². The number of hydrogen-bond donors (Lipinski definition) is 1. The van der Waals surface area contributed by atoms with Crippen molar-refractivity contribution in [1.82, 2.24) is 10.2 Å². The molecular weight excluding hydrogens is 491 g/mol. The number of aliphatic imine (C=N–C) groups is 1. The summed E-state index contributed by atoms with van der Waals surface area (Å²) in [6.45, 7) is 8.36. The molecule has 8 heteroatoms. The van der Waals surface area contributed by atoms with Gasteiger partial charge >= 0.3 is 0 Å². The van der Waals surface area contributed by atoms with Gasteiger partial charge in [-0.25, -0.2) is 8.78 Å². The van der Waals surface area contributed by atoms with Crippen LogP contribution in [0.4, 0.5) is 8.78 Å². The lowest BCUT2D eigenvalue weighted by Gasteiger charge is -2.34. The van der Waals surface area contributed by atoms with Gasteiger partial charge in [-0.1, -0.05) is 13.0 Å². The van der Waals surface area contributed by atoms with Crippen LogP contribution in [0.25, 0.3) is 0 Å². The maximum absolute atomic E-state index is 14.0. The third-order valence-corrected chi connectivity index (χ3v) is 4.93. The molecule has 1 aliphatic heterocycles. The minimum Gasteiger partial charge on any atom is -0.385 e. The number of nitrogens with one attached hydrogen (secondary N) is 1. The molecule has 1 aromatic carbocycles. The largest absolute Gasteiger partial charge is 0.385 e. The van der Waals surface area contributed by atoms with E-state index in [0.717, 1.165) is 64.1 Å². The molecule has 1 unspecified atom stereocenters. The van der Waals surface area contributed by atoms with Gasteiger partial charge in [0, 0.05) is 58.5 Å². The van der Waals surface area contributed by atoms with Crippen molar-refractivity contribution >= 4 is 29.9 Å². The Hall–Kier alpha value is -1.00. The first-order chi connectivity index (χ1) is 13.5. The van der Waals surface area contributed by atoms with Crippen LogP contribution in [0.3, 0.4) is 0 Å². The number of benzene rings is 1. The van der Waals surface area contributed by atoms with Crippen LogP contribution in [0.1, 0.15) is 44.6 Å². The van der Waals surface area contributed by atoms with E-state index in [1.165, 1.54) is 12.1 Å². The Bertz CT molecular complexity index is 626. The summed E-state index contributed by atoms with van der Waals surface area (Å²) in [6, 6.07) is 3.73. The third-order valence-electron chi connectivity index (χ3n) is 4.93. The zero-order valence-corrected chi connectivity index (χ0v) is 20.0. The number of likely N-dealkylation sites (tertiary alicyclic amines) is 1. The maximum Gasteiger partial charge on any atom is 0.193 e. The highest BCUT2D eigenvalue weighted by Gasteiger charge is 2.22. The summed E-state index contributed by atoms with van der Waals surface area (Å²) in [5.41, 5.74) is 0.490. The average Bonchev–Trinajstić information content (AvgIpc) is 2.69. The van der Waals surface area contributed by atoms with Gasteiger partial charge in [0.1, 0.15) is 11.6 Å². The molecule has 1 saturated heterocycles. The molecule has 5 nitrogen and oxygen atoms in total. The summed E-state index contributed by atoms with van der Waals surface area (Å²) < 4.78 is 38.1. The van der Waals surface area contributed by atoms with Crippen molar-refractivity contribution in [2.45, 2.75) is 45.1 Å². The fourth-order valence-electron chi connectivity index (χ4n) is 3.34. The molecule has 0 bridgehead atoms. The van der Waals surface area contributed by atoms with E-state index in [-0.39, 0.29) is 36.0 Å². The van der Waals surface area contributed by atoms with Crippen LogP contribution in [0.2, 0.25) is 0 Å². The van der Waals surface area contributed by atoms with E-state index in [0.29, 0.717) is 12.1 Å². The van der Waals surface area contributed by atoms with Gasteiger partial charge in [0.15, 0.2) is 5.96 Å². The molecule has 1 aromatic rings. The topological polar surface area (TPSA) is 46.1 Å². The molecule has 2 rings (SSSR count). The van der Waals surface area contributed by atoms with Gasteiger partial charge in [0.25, 0.3) is 0 Å². The third kappa shape index (κ3) is 8.72. The van der Waals surface area contributed by atoms with Crippen LogP contribution in [0.5, 0.6) is 0 Å². The number of ether oxygens (including phenoxy) is 2. The Morgan fingerprint density at radius 3 is 2.62 bits per heavy atom. The second-order valence-electron chi connectivity index (χ2n) is 7.17. The van der Waals surface area contributed by atoms with Gasteiger partial charge in [-0.15, -0.1) is 24.0 Å². The highest BCUT2D eigenvalue weighted by atomic mass is 127. The molecule has 0 radical (unpaired) electrons.